The van der Waals surface area contributed by atoms with Crippen LogP contribution in [0.15, 0.2) is 24.5 Å². The molecular formula is C13H21N3O. The van der Waals surface area contributed by atoms with E-state index in [4.69, 9.17) is 0 Å². The third-order valence-corrected chi connectivity index (χ3v) is 2.49. The van der Waals surface area contributed by atoms with Crippen molar-refractivity contribution in [2.45, 2.75) is 39.3 Å². The Labute approximate surface area is 103 Å². The number of carbonyl (C=O) groups is 1. The molecule has 0 saturated carbocycles. The number of rotatable bonds is 6. The highest BCUT2D eigenvalue weighted by Crippen LogP contribution is 2.09. The van der Waals surface area contributed by atoms with Crippen LogP contribution in [0.2, 0.25) is 0 Å². The largest absolute Gasteiger partial charge is 0.350 e. The van der Waals surface area contributed by atoms with Crippen molar-refractivity contribution in [1.29, 1.82) is 0 Å². The Hall–Kier alpha value is -1.42. The summed E-state index contributed by atoms with van der Waals surface area (Å²) in [6, 6.07) is 4.28. The first-order valence-electron chi connectivity index (χ1n) is 6.02. The van der Waals surface area contributed by atoms with Crippen molar-refractivity contribution in [3.05, 3.63) is 30.1 Å². The fourth-order valence-corrected chi connectivity index (χ4v) is 1.52. The van der Waals surface area contributed by atoms with Crippen LogP contribution < -0.4 is 10.6 Å². The smallest absolute Gasteiger partial charge is 0.221 e. The van der Waals surface area contributed by atoms with Crippen LogP contribution in [-0.2, 0) is 4.79 Å². The molecule has 17 heavy (non-hydrogen) atoms. The summed E-state index contributed by atoms with van der Waals surface area (Å²) in [5.41, 5.74) is 1.07. The Balaban J connectivity index is 2.31. The lowest BCUT2D eigenvalue weighted by Gasteiger charge is -2.14. The van der Waals surface area contributed by atoms with Crippen molar-refractivity contribution in [2.24, 2.45) is 0 Å². The number of nitrogens with zero attached hydrogens (tertiary/aromatic N) is 1. The zero-order chi connectivity index (χ0) is 12.7. The van der Waals surface area contributed by atoms with Gasteiger partial charge in [-0.2, -0.15) is 0 Å². The lowest BCUT2D eigenvalue weighted by molar-refractivity contribution is -0.121. The third-order valence-electron chi connectivity index (χ3n) is 2.49. The molecule has 0 unspecified atom stereocenters. The van der Waals surface area contributed by atoms with Gasteiger partial charge in [-0.05, 0) is 24.6 Å². The van der Waals surface area contributed by atoms with Crippen LogP contribution in [0.3, 0.4) is 0 Å². The lowest BCUT2D eigenvalue weighted by Crippen LogP contribution is -2.31. The zero-order valence-corrected chi connectivity index (χ0v) is 10.7. The van der Waals surface area contributed by atoms with E-state index in [1.54, 1.807) is 12.4 Å². The van der Waals surface area contributed by atoms with E-state index in [0.717, 1.165) is 5.56 Å². The average molecular weight is 235 g/mol. The molecule has 0 bridgehead atoms. The SMILES string of the molecule is CC(C)NCCC(=O)N[C@@H](C)c1ccncc1. The number of pyridine rings is 1. The molecule has 1 aromatic rings. The van der Waals surface area contributed by atoms with E-state index in [1.165, 1.54) is 0 Å². The highest BCUT2D eigenvalue weighted by atomic mass is 16.1. The summed E-state index contributed by atoms with van der Waals surface area (Å²) in [6.45, 7) is 6.82. The van der Waals surface area contributed by atoms with Crippen molar-refractivity contribution in [3.63, 3.8) is 0 Å². The monoisotopic (exact) mass is 235 g/mol. The molecule has 1 heterocycles. The van der Waals surface area contributed by atoms with E-state index in [0.29, 0.717) is 19.0 Å². The van der Waals surface area contributed by atoms with Gasteiger partial charge in [-0.1, -0.05) is 13.8 Å². The van der Waals surface area contributed by atoms with Crippen molar-refractivity contribution >= 4 is 5.91 Å². The molecule has 4 heteroatoms. The zero-order valence-electron chi connectivity index (χ0n) is 10.7. The van der Waals surface area contributed by atoms with Crippen LogP contribution in [0.25, 0.3) is 0 Å². The molecule has 0 aromatic carbocycles. The van der Waals surface area contributed by atoms with Crippen LogP contribution >= 0.6 is 0 Å². The molecule has 4 nitrogen and oxygen atoms in total. The minimum atomic E-state index is 0.0320. The molecule has 1 amide bonds. The van der Waals surface area contributed by atoms with Crippen LogP contribution in [0, 0.1) is 0 Å². The number of amides is 1. The van der Waals surface area contributed by atoms with Crippen LogP contribution in [0.4, 0.5) is 0 Å². The number of hydrogen-bond acceptors (Lipinski definition) is 3. The summed E-state index contributed by atoms with van der Waals surface area (Å²) in [4.78, 5) is 15.6. The average Bonchev–Trinajstić information content (AvgIpc) is 2.29. The first kappa shape index (κ1) is 13.6. The van der Waals surface area contributed by atoms with E-state index < -0.39 is 0 Å². The van der Waals surface area contributed by atoms with Gasteiger partial charge in [0.2, 0.25) is 5.91 Å². The molecule has 0 saturated heterocycles. The van der Waals surface area contributed by atoms with Crippen LogP contribution in [0.5, 0.6) is 0 Å². The van der Waals surface area contributed by atoms with Gasteiger partial charge in [0, 0.05) is 31.4 Å². The molecule has 0 fully saturated rings. The second-order valence-corrected chi connectivity index (χ2v) is 4.43. The molecule has 0 aliphatic carbocycles. The number of carbonyl (C=O) groups excluding carboxylic acids is 1. The molecule has 1 rings (SSSR count). The fraction of sp³-hybridized carbons (Fsp3) is 0.538. The van der Waals surface area contributed by atoms with E-state index in [-0.39, 0.29) is 11.9 Å². The summed E-state index contributed by atoms with van der Waals surface area (Å²) >= 11 is 0. The molecule has 0 aliphatic rings. The van der Waals surface area contributed by atoms with Gasteiger partial charge in [0.25, 0.3) is 0 Å². The van der Waals surface area contributed by atoms with Crippen molar-refractivity contribution in [3.8, 4) is 0 Å². The van der Waals surface area contributed by atoms with Crippen LogP contribution in [0.1, 0.15) is 38.8 Å². The van der Waals surface area contributed by atoms with E-state index >= 15 is 0 Å². The first-order valence-corrected chi connectivity index (χ1v) is 6.02. The summed E-state index contributed by atoms with van der Waals surface area (Å²) in [7, 11) is 0. The maximum atomic E-state index is 11.6. The Morgan fingerprint density at radius 1 is 1.29 bits per heavy atom. The van der Waals surface area contributed by atoms with Gasteiger partial charge in [-0.25, -0.2) is 0 Å². The molecular weight excluding hydrogens is 214 g/mol. The number of aromatic nitrogens is 1. The Morgan fingerprint density at radius 2 is 1.94 bits per heavy atom. The van der Waals surface area contributed by atoms with Gasteiger partial charge in [0.15, 0.2) is 0 Å². The standard InChI is InChI=1S/C13H21N3O/c1-10(2)15-9-6-13(17)16-11(3)12-4-7-14-8-5-12/h4-5,7-8,10-11,15H,6,9H2,1-3H3,(H,16,17)/t11-/m0/s1. The minimum Gasteiger partial charge on any atom is -0.350 e. The van der Waals surface area contributed by atoms with E-state index in [9.17, 15) is 4.79 Å². The predicted octanol–water partition coefficient (Wildman–Crippen LogP) is 1.65. The Kier molecular flexibility index (Phi) is 5.63. The normalized spacial score (nSPS) is 12.5. The van der Waals surface area contributed by atoms with Gasteiger partial charge in [0.1, 0.15) is 0 Å². The van der Waals surface area contributed by atoms with E-state index in [1.807, 2.05) is 19.1 Å². The first-order chi connectivity index (χ1) is 8.09. The third kappa shape index (κ3) is 5.45. The second kappa shape index (κ2) is 7.01. The second-order valence-electron chi connectivity index (χ2n) is 4.43. The van der Waals surface area contributed by atoms with Gasteiger partial charge in [-0.3, -0.25) is 9.78 Å². The lowest BCUT2D eigenvalue weighted by atomic mass is 10.1. The predicted molar refractivity (Wildman–Crippen MR) is 68.6 cm³/mol. The molecule has 1 aromatic heterocycles. The summed E-state index contributed by atoms with van der Waals surface area (Å²) < 4.78 is 0. The summed E-state index contributed by atoms with van der Waals surface area (Å²) in [5.74, 6) is 0.0717. The quantitative estimate of drug-likeness (QED) is 0.788. The summed E-state index contributed by atoms with van der Waals surface area (Å²) in [6.07, 6.45) is 3.98. The van der Waals surface area contributed by atoms with Crippen molar-refractivity contribution in [1.82, 2.24) is 15.6 Å². The Bertz CT molecular complexity index is 338. The highest BCUT2D eigenvalue weighted by Gasteiger charge is 2.08. The van der Waals surface area contributed by atoms with E-state index in [2.05, 4.69) is 29.5 Å². The topological polar surface area (TPSA) is 54.0 Å². The molecule has 0 aliphatic heterocycles. The van der Waals surface area contributed by atoms with Crippen molar-refractivity contribution in [2.75, 3.05) is 6.54 Å². The number of hydrogen-bond donors (Lipinski definition) is 2. The molecule has 94 valence electrons. The van der Waals surface area contributed by atoms with Crippen molar-refractivity contribution < 1.29 is 4.79 Å². The molecule has 0 radical (unpaired) electrons. The molecule has 2 N–H and O–H groups in total. The van der Waals surface area contributed by atoms with Crippen LogP contribution in [-0.4, -0.2) is 23.5 Å². The van der Waals surface area contributed by atoms with Gasteiger partial charge in [0.05, 0.1) is 6.04 Å². The maximum Gasteiger partial charge on any atom is 0.221 e. The fourth-order valence-electron chi connectivity index (χ4n) is 1.52. The van der Waals surface area contributed by atoms with Gasteiger partial charge >= 0.3 is 0 Å². The minimum absolute atomic E-state index is 0.0320. The summed E-state index contributed by atoms with van der Waals surface area (Å²) in [5, 5.41) is 6.18. The number of nitrogens with one attached hydrogen (secondary N) is 2. The molecule has 1 atom stereocenters. The van der Waals surface area contributed by atoms with Gasteiger partial charge in [-0.15, -0.1) is 0 Å². The van der Waals surface area contributed by atoms with Gasteiger partial charge < -0.3 is 10.6 Å². The Morgan fingerprint density at radius 3 is 2.53 bits per heavy atom. The highest BCUT2D eigenvalue weighted by molar-refractivity contribution is 5.76. The molecule has 0 spiro atoms. The maximum absolute atomic E-state index is 11.6.